The predicted octanol–water partition coefficient (Wildman–Crippen LogP) is -0.571. The Morgan fingerprint density at radius 1 is 1.13 bits per heavy atom. The summed E-state index contributed by atoms with van der Waals surface area (Å²) in [5.74, 6) is -0.789. The summed E-state index contributed by atoms with van der Waals surface area (Å²) in [6.07, 6.45) is 0. The quantitative estimate of drug-likeness (QED) is 0.615. The molecule has 0 heterocycles. The standard InChI is InChI=1S/C14H21N3O5S/c1-17(2)23(20,21)12-6-4-11(5-7-12)14(19)16-10-13(18)15-8-9-22-3/h4-7H,8-10H2,1-3H3,(H,15,18)(H,16,19). The van der Waals surface area contributed by atoms with Crippen molar-refractivity contribution in [3.63, 3.8) is 0 Å². The summed E-state index contributed by atoms with van der Waals surface area (Å²) in [6.45, 7) is 0.587. The van der Waals surface area contributed by atoms with E-state index in [1.807, 2.05) is 0 Å². The third-order valence-corrected chi connectivity index (χ3v) is 4.76. The van der Waals surface area contributed by atoms with E-state index in [9.17, 15) is 18.0 Å². The number of rotatable bonds is 8. The lowest BCUT2D eigenvalue weighted by atomic mass is 10.2. The summed E-state index contributed by atoms with van der Waals surface area (Å²) in [4.78, 5) is 23.4. The smallest absolute Gasteiger partial charge is 0.251 e. The van der Waals surface area contributed by atoms with Gasteiger partial charge < -0.3 is 15.4 Å². The van der Waals surface area contributed by atoms with Crippen molar-refractivity contribution in [2.75, 3.05) is 40.9 Å². The Bertz CT molecular complexity index is 641. The molecule has 1 aromatic rings. The van der Waals surface area contributed by atoms with E-state index in [0.29, 0.717) is 13.2 Å². The van der Waals surface area contributed by atoms with E-state index in [4.69, 9.17) is 4.74 Å². The highest BCUT2D eigenvalue weighted by molar-refractivity contribution is 7.89. The van der Waals surface area contributed by atoms with Crippen LogP contribution in [0.4, 0.5) is 0 Å². The van der Waals surface area contributed by atoms with Gasteiger partial charge in [-0.25, -0.2) is 12.7 Å². The molecule has 0 radical (unpaired) electrons. The van der Waals surface area contributed by atoms with Crippen LogP contribution in [0.5, 0.6) is 0 Å². The number of carbonyl (C=O) groups is 2. The third-order valence-electron chi connectivity index (χ3n) is 2.93. The molecule has 0 aliphatic rings. The molecule has 1 rings (SSSR count). The second kappa shape index (κ2) is 8.61. The Balaban J connectivity index is 2.60. The van der Waals surface area contributed by atoms with Gasteiger partial charge in [-0.1, -0.05) is 0 Å². The first-order valence-electron chi connectivity index (χ1n) is 6.85. The minimum atomic E-state index is -3.53. The molecule has 8 nitrogen and oxygen atoms in total. The van der Waals surface area contributed by atoms with Crippen LogP contribution in [0.25, 0.3) is 0 Å². The van der Waals surface area contributed by atoms with Gasteiger partial charge in [0, 0.05) is 33.3 Å². The average molecular weight is 343 g/mol. The second-order valence-electron chi connectivity index (χ2n) is 4.84. The van der Waals surface area contributed by atoms with Gasteiger partial charge in [0.05, 0.1) is 18.0 Å². The first-order valence-corrected chi connectivity index (χ1v) is 8.29. The molecule has 0 bridgehead atoms. The summed E-state index contributed by atoms with van der Waals surface area (Å²) >= 11 is 0. The topological polar surface area (TPSA) is 105 Å². The molecule has 0 aliphatic heterocycles. The van der Waals surface area contributed by atoms with Crippen LogP contribution < -0.4 is 10.6 Å². The molecule has 0 saturated carbocycles. The average Bonchev–Trinajstić information content (AvgIpc) is 2.52. The van der Waals surface area contributed by atoms with Gasteiger partial charge in [-0.05, 0) is 24.3 Å². The van der Waals surface area contributed by atoms with Crippen molar-refractivity contribution >= 4 is 21.8 Å². The van der Waals surface area contributed by atoms with E-state index in [1.54, 1.807) is 0 Å². The van der Waals surface area contributed by atoms with Crippen molar-refractivity contribution in [2.45, 2.75) is 4.90 Å². The fourth-order valence-corrected chi connectivity index (χ4v) is 2.51. The number of methoxy groups -OCH3 is 1. The van der Waals surface area contributed by atoms with Gasteiger partial charge in [0.2, 0.25) is 15.9 Å². The minimum absolute atomic E-state index is 0.0939. The largest absolute Gasteiger partial charge is 0.383 e. The van der Waals surface area contributed by atoms with Gasteiger partial charge in [0.1, 0.15) is 0 Å². The van der Waals surface area contributed by atoms with Crippen LogP contribution in [0.15, 0.2) is 29.2 Å². The van der Waals surface area contributed by atoms with E-state index in [2.05, 4.69) is 10.6 Å². The van der Waals surface area contributed by atoms with Gasteiger partial charge in [-0.15, -0.1) is 0 Å². The zero-order chi connectivity index (χ0) is 17.5. The zero-order valence-corrected chi connectivity index (χ0v) is 14.1. The normalized spacial score (nSPS) is 11.3. The molecule has 1 aromatic carbocycles. The zero-order valence-electron chi connectivity index (χ0n) is 13.3. The van der Waals surface area contributed by atoms with Crippen molar-refractivity contribution in [2.24, 2.45) is 0 Å². The molecule has 2 N–H and O–H groups in total. The Kier molecular flexibility index (Phi) is 7.14. The Morgan fingerprint density at radius 2 is 1.74 bits per heavy atom. The molecule has 23 heavy (non-hydrogen) atoms. The number of nitrogens with zero attached hydrogens (tertiary/aromatic N) is 1. The van der Waals surface area contributed by atoms with Crippen LogP contribution in [0.2, 0.25) is 0 Å². The fourth-order valence-electron chi connectivity index (χ4n) is 1.61. The SMILES string of the molecule is COCCNC(=O)CNC(=O)c1ccc(S(=O)(=O)N(C)C)cc1. The molecule has 0 fully saturated rings. The number of ether oxygens (including phenoxy) is 1. The van der Waals surface area contributed by atoms with E-state index >= 15 is 0 Å². The monoisotopic (exact) mass is 343 g/mol. The number of hydrogen-bond acceptors (Lipinski definition) is 5. The molecule has 0 unspecified atom stereocenters. The van der Waals surface area contributed by atoms with Crippen LogP contribution >= 0.6 is 0 Å². The lowest BCUT2D eigenvalue weighted by molar-refractivity contribution is -0.120. The lowest BCUT2D eigenvalue weighted by Gasteiger charge is -2.11. The van der Waals surface area contributed by atoms with Crippen LogP contribution in [0.3, 0.4) is 0 Å². The first kappa shape index (κ1) is 19.1. The van der Waals surface area contributed by atoms with Crippen LogP contribution in [0, 0.1) is 0 Å². The van der Waals surface area contributed by atoms with E-state index in [1.165, 1.54) is 45.5 Å². The molecule has 0 atom stereocenters. The number of benzene rings is 1. The summed E-state index contributed by atoms with van der Waals surface area (Å²) in [5.41, 5.74) is 0.271. The maximum Gasteiger partial charge on any atom is 0.251 e. The number of amides is 2. The molecular formula is C14H21N3O5S. The highest BCUT2D eigenvalue weighted by Gasteiger charge is 2.17. The van der Waals surface area contributed by atoms with Crippen LogP contribution in [-0.4, -0.2) is 65.4 Å². The predicted molar refractivity (Wildman–Crippen MR) is 84.5 cm³/mol. The van der Waals surface area contributed by atoms with Gasteiger partial charge in [-0.3, -0.25) is 9.59 Å². The van der Waals surface area contributed by atoms with Gasteiger partial charge in [0.15, 0.2) is 0 Å². The Hall–Kier alpha value is -1.97. The summed E-state index contributed by atoms with van der Waals surface area (Å²) in [5, 5.41) is 5.02. The highest BCUT2D eigenvalue weighted by atomic mass is 32.2. The van der Waals surface area contributed by atoms with Crippen molar-refractivity contribution in [3.05, 3.63) is 29.8 Å². The van der Waals surface area contributed by atoms with Crippen molar-refractivity contribution in [3.8, 4) is 0 Å². The molecule has 0 spiro atoms. The summed E-state index contributed by atoms with van der Waals surface area (Å²) in [7, 11) is 0.847. The summed E-state index contributed by atoms with van der Waals surface area (Å²) < 4.78 is 29.7. The van der Waals surface area contributed by atoms with Gasteiger partial charge in [0.25, 0.3) is 5.91 Å². The fraction of sp³-hybridized carbons (Fsp3) is 0.429. The molecule has 0 aromatic heterocycles. The lowest BCUT2D eigenvalue weighted by Crippen LogP contribution is -2.38. The molecule has 128 valence electrons. The maximum absolute atomic E-state index is 11.9. The highest BCUT2D eigenvalue weighted by Crippen LogP contribution is 2.13. The van der Waals surface area contributed by atoms with Gasteiger partial charge in [-0.2, -0.15) is 0 Å². The molecular weight excluding hydrogens is 322 g/mol. The molecule has 0 saturated heterocycles. The van der Waals surface area contributed by atoms with E-state index in [-0.39, 0.29) is 22.9 Å². The Labute approximate surface area is 135 Å². The molecule has 0 aliphatic carbocycles. The number of nitrogens with one attached hydrogen (secondary N) is 2. The Morgan fingerprint density at radius 3 is 2.26 bits per heavy atom. The van der Waals surface area contributed by atoms with Gasteiger partial charge >= 0.3 is 0 Å². The molecule has 9 heteroatoms. The van der Waals surface area contributed by atoms with Crippen molar-refractivity contribution in [1.82, 2.24) is 14.9 Å². The number of sulfonamides is 1. The first-order chi connectivity index (χ1) is 10.8. The third kappa shape index (κ3) is 5.62. The van der Waals surface area contributed by atoms with Crippen LogP contribution in [0.1, 0.15) is 10.4 Å². The summed E-state index contributed by atoms with van der Waals surface area (Å²) in [6, 6.07) is 5.49. The van der Waals surface area contributed by atoms with E-state index < -0.39 is 15.9 Å². The number of carbonyl (C=O) groups excluding carboxylic acids is 2. The maximum atomic E-state index is 11.9. The van der Waals surface area contributed by atoms with Crippen molar-refractivity contribution in [1.29, 1.82) is 0 Å². The van der Waals surface area contributed by atoms with E-state index in [0.717, 1.165) is 4.31 Å². The number of hydrogen-bond donors (Lipinski definition) is 2. The van der Waals surface area contributed by atoms with Crippen LogP contribution in [-0.2, 0) is 19.6 Å². The second-order valence-corrected chi connectivity index (χ2v) is 6.99. The minimum Gasteiger partial charge on any atom is -0.383 e. The van der Waals surface area contributed by atoms with Crippen molar-refractivity contribution < 1.29 is 22.7 Å². The molecule has 2 amide bonds.